The van der Waals surface area contributed by atoms with Gasteiger partial charge in [-0.2, -0.15) is 5.26 Å². The number of nitriles is 1. The highest BCUT2D eigenvalue weighted by molar-refractivity contribution is 6.30. The molecule has 62 heavy (non-hydrogen) atoms. The fourth-order valence-electron chi connectivity index (χ4n) is 10.1. The molecule has 4 fully saturated rings. The smallest absolute Gasteiger partial charge is 0.256 e. The number of aromatic nitrogens is 3. The molecule has 1 unspecified atom stereocenters. The number of amides is 3. The largest absolute Gasteiger partial charge is 0.487 e. The van der Waals surface area contributed by atoms with Crippen molar-refractivity contribution in [2.75, 3.05) is 55.6 Å². The lowest BCUT2D eigenvalue weighted by Crippen LogP contribution is -2.52. The van der Waals surface area contributed by atoms with Gasteiger partial charge in [-0.25, -0.2) is 15.0 Å². The van der Waals surface area contributed by atoms with Crippen LogP contribution in [0.5, 0.6) is 5.75 Å². The quantitative estimate of drug-likeness (QED) is 0.171. The van der Waals surface area contributed by atoms with Crippen LogP contribution in [0.4, 0.5) is 11.8 Å². The lowest BCUT2D eigenvalue weighted by molar-refractivity contribution is -0.136. The summed E-state index contributed by atoms with van der Waals surface area (Å²) in [5.41, 5.74) is 4.79. The van der Waals surface area contributed by atoms with E-state index in [0.717, 1.165) is 106 Å². The molecule has 322 valence electrons. The third-order valence-electron chi connectivity index (χ3n) is 14.2. The first kappa shape index (κ1) is 41.8. The number of hydrogen-bond acceptors (Lipinski definition) is 11. The van der Waals surface area contributed by atoms with Crippen molar-refractivity contribution < 1.29 is 19.1 Å². The fraction of sp³-hybridized carbons (Fsp3) is 0.479. The van der Waals surface area contributed by atoms with E-state index >= 15 is 0 Å². The van der Waals surface area contributed by atoms with Crippen LogP contribution in [0.25, 0.3) is 0 Å². The second-order valence-corrected chi connectivity index (χ2v) is 18.8. The molecular weight excluding hydrogens is 802 g/mol. The number of hydrogen-bond donors (Lipinski definition) is 1. The Kier molecular flexibility index (Phi) is 11.6. The number of carbonyl (C=O) groups excluding carboxylic acids is 3. The number of nitrogens with zero attached hydrogens (tertiary/aromatic N) is 8. The number of rotatable bonds is 10. The van der Waals surface area contributed by atoms with Crippen LogP contribution in [0.3, 0.4) is 0 Å². The van der Waals surface area contributed by atoms with Crippen LogP contribution in [0.15, 0.2) is 66.9 Å². The summed E-state index contributed by atoms with van der Waals surface area (Å²) in [6, 6.07) is 20.9. The molecule has 2 aromatic carbocycles. The molecule has 14 heteroatoms. The Labute approximate surface area is 368 Å². The molecule has 0 saturated carbocycles. The van der Waals surface area contributed by atoms with Crippen LogP contribution in [-0.2, 0) is 28.2 Å². The van der Waals surface area contributed by atoms with E-state index in [9.17, 15) is 19.6 Å². The zero-order chi connectivity index (χ0) is 43.0. The summed E-state index contributed by atoms with van der Waals surface area (Å²) in [6.45, 7) is 12.1. The monoisotopic (exact) mass is 855 g/mol. The van der Waals surface area contributed by atoms with Crippen molar-refractivity contribution >= 4 is 41.1 Å². The predicted molar refractivity (Wildman–Crippen MR) is 236 cm³/mol. The van der Waals surface area contributed by atoms with E-state index in [0.29, 0.717) is 52.7 Å². The number of imide groups is 1. The van der Waals surface area contributed by atoms with E-state index in [1.807, 2.05) is 48.7 Å². The van der Waals surface area contributed by atoms with Gasteiger partial charge in [-0.1, -0.05) is 37.6 Å². The van der Waals surface area contributed by atoms with Crippen molar-refractivity contribution in [1.29, 1.82) is 5.26 Å². The molecule has 1 spiro atoms. The van der Waals surface area contributed by atoms with Gasteiger partial charge in [-0.3, -0.25) is 19.7 Å². The van der Waals surface area contributed by atoms with Crippen molar-refractivity contribution in [3.05, 3.63) is 106 Å². The van der Waals surface area contributed by atoms with Crippen molar-refractivity contribution in [1.82, 2.24) is 30.1 Å². The van der Waals surface area contributed by atoms with E-state index in [1.165, 1.54) is 12.8 Å². The second kappa shape index (κ2) is 17.3. The molecule has 0 radical (unpaired) electrons. The van der Waals surface area contributed by atoms with Crippen LogP contribution in [0.1, 0.15) is 104 Å². The Morgan fingerprint density at radius 2 is 1.61 bits per heavy atom. The topological polar surface area (TPSA) is 148 Å². The Morgan fingerprint density at radius 1 is 0.871 bits per heavy atom. The number of nitrogens with one attached hydrogen (secondary N) is 1. The third-order valence-corrected chi connectivity index (χ3v) is 14.5. The third kappa shape index (κ3) is 8.72. The molecule has 0 bridgehead atoms. The molecule has 0 aliphatic carbocycles. The van der Waals surface area contributed by atoms with E-state index in [4.69, 9.17) is 26.3 Å². The molecule has 4 aromatic rings. The number of pyridine rings is 1. The first-order valence-corrected chi connectivity index (χ1v) is 22.5. The number of anilines is 2. The Hall–Kier alpha value is -5.58. The van der Waals surface area contributed by atoms with Gasteiger partial charge in [0.15, 0.2) is 0 Å². The first-order valence-electron chi connectivity index (χ1n) is 22.1. The van der Waals surface area contributed by atoms with Crippen molar-refractivity contribution in [2.24, 2.45) is 11.3 Å². The Morgan fingerprint density at radius 3 is 2.34 bits per heavy atom. The van der Waals surface area contributed by atoms with Crippen LogP contribution in [-0.4, -0.2) is 94.3 Å². The summed E-state index contributed by atoms with van der Waals surface area (Å²) < 4.78 is 6.17. The van der Waals surface area contributed by atoms with Crippen LogP contribution in [0, 0.1) is 22.7 Å². The standard InChI is InChI=1S/C48H54ClN9O4/c1-47(2,35-25-33(28-50)26-36(49)27-35)34-3-5-38(6-4-34)62-31-37-11-18-51-46(52-37)57-23-16-48(17-24-57)14-21-55(22-15-48)29-32-12-19-56(20-13-32)42-9-7-39-40(53-42)30-58(45(39)61)41-8-10-43(59)54-44(41)60/h3-7,9,11,18,25-27,32,41H,8,10,12-17,19-24,29-31H2,1-2H3,(H,54,59,60). The summed E-state index contributed by atoms with van der Waals surface area (Å²) in [4.78, 5) is 60.6. The Bertz CT molecular complexity index is 2370. The molecule has 13 nitrogen and oxygen atoms in total. The SMILES string of the molecule is CC(C)(c1ccc(OCc2ccnc(N3CCC4(CCN(CC5CCN(c6ccc7c(n6)CN(C6CCC(=O)NC6=O)C7=O)CC5)CC4)CC3)n2)cc1)c1cc(Cl)cc(C#N)c1. The minimum atomic E-state index is -0.628. The van der Waals surface area contributed by atoms with E-state index in [2.05, 4.69) is 57.0 Å². The maximum atomic E-state index is 13.1. The molecule has 7 heterocycles. The minimum absolute atomic E-state index is 0.184. The van der Waals surface area contributed by atoms with Gasteiger partial charge >= 0.3 is 0 Å². The average Bonchev–Trinajstić information content (AvgIpc) is 3.61. The molecule has 9 rings (SSSR count). The molecule has 5 aliphatic heterocycles. The fourth-order valence-corrected chi connectivity index (χ4v) is 10.4. The van der Waals surface area contributed by atoms with Crippen molar-refractivity contribution in [3.63, 3.8) is 0 Å². The summed E-state index contributed by atoms with van der Waals surface area (Å²) in [5.74, 6) is 2.22. The molecule has 1 N–H and O–H groups in total. The zero-order valence-corrected chi connectivity index (χ0v) is 36.4. The van der Waals surface area contributed by atoms with Gasteiger partial charge in [-0.15, -0.1) is 0 Å². The van der Waals surface area contributed by atoms with E-state index < -0.39 is 11.9 Å². The maximum Gasteiger partial charge on any atom is 0.256 e. The molecule has 4 saturated heterocycles. The van der Waals surface area contributed by atoms with Gasteiger partial charge in [0.05, 0.1) is 35.1 Å². The number of ether oxygens (including phenoxy) is 1. The molecule has 2 aromatic heterocycles. The van der Waals surface area contributed by atoms with Crippen molar-refractivity contribution in [2.45, 2.75) is 89.8 Å². The lowest BCUT2D eigenvalue weighted by Gasteiger charge is -2.47. The highest BCUT2D eigenvalue weighted by Crippen LogP contribution is 2.42. The van der Waals surface area contributed by atoms with Gasteiger partial charge in [-0.05, 0) is 129 Å². The van der Waals surface area contributed by atoms with Gasteiger partial charge in [0.2, 0.25) is 17.8 Å². The Balaban J connectivity index is 0.708. The predicted octanol–water partition coefficient (Wildman–Crippen LogP) is 6.66. The summed E-state index contributed by atoms with van der Waals surface area (Å²) in [5, 5.41) is 12.4. The van der Waals surface area contributed by atoms with Gasteiger partial charge in [0.25, 0.3) is 5.91 Å². The molecular formula is C48H54ClN9O4. The van der Waals surface area contributed by atoms with Gasteiger partial charge < -0.3 is 24.3 Å². The molecule has 3 amide bonds. The molecule has 5 aliphatic rings. The number of halogens is 1. The number of fused-ring (bicyclic) bond motifs is 1. The van der Waals surface area contributed by atoms with E-state index in [-0.39, 0.29) is 23.7 Å². The lowest BCUT2D eigenvalue weighted by atomic mass is 9.71. The molecule has 1 atom stereocenters. The maximum absolute atomic E-state index is 13.1. The van der Waals surface area contributed by atoms with Crippen LogP contribution in [0.2, 0.25) is 5.02 Å². The normalized spacial score (nSPS) is 20.9. The van der Waals surface area contributed by atoms with Crippen LogP contribution >= 0.6 is 11.6 Å². The number of carbonyl (C=O) groups is 3. The summed E-state index contributed by atoms with van der Waals surface area (Å²) >= 11 is 6.32. The summed E-state index contributed by atoms with van der Waals surface area (Å²) in [7, 11) is 0. The van der Waals surface area contributed by atoms with Gasteiger partial charge in [0, 0.05) is 55.8 Å². The van der Waals surface area contributed by atoms with Gasteiger partial charge in [0.1, 0.15) is 24.2 Å². The number of likely N-dealkylation sites (tertiary alicyclic amines) is 1. The number of benzene rings is 2. The highest BCUT2D eigenvalue weighted by atomic mass is 35.5. The highest BCUT2D eigenvalue weighted by Gasteiger charge is 2.41. The van der Waals surface area contributed by atoms with Crippen molar-refractivity contribution in [3.8, 4) is 11.8 Å². The zero-order valence-electron chi connectivity index (χ0n) is 35.6. The van der Waals surface area contributed by atoms with E-state index in [1.54, 1.807) is 11.0 Å². The number of piperidine rings is 4. The second-order valence-electron chi connectivity index (χ2n) is 18.4. The summed E-state index contributed by atoms with van der Waals surface area (Å²) in [6.07, 6.45) is 9.43. The average molecular weight is 856 g/mol. The minimum Gasteiger partial charge on any atom is -0.487 e. The van der Waals surface area contributed by atoms with Crippen LogP contribution < -0.4 is 19.9 Å². The first-order chi connectivity index (χ1) is 29.9.